The van der Waals surface area contributed by atoms with Crippen LogP contribution in [-0.4, -0.2) is 42.2 Å². The summed E-state index contributed by atoms with van der Waals surface area (Å²) in [5.74, 6) is 1.45. The van der Waals surface area contributed by atoms with Gasteiger partial charge in [-0.1, -0.05) is 0 Å². The predicted octanol–water partition coefficient (Wildman–Crippen LogP) is 1.42. The zero-order valence-corrected chi connectivity index (χ0v) is 12.4. The Bertz CT molecular complexity index is 440. The Hall–Kier alpha value is -1.89. The lowest BCUT2D eigenvalue weighted by Gasteiger charge is -2.14. The van der Waals surface area contributed by atoms with Gasteiger partial charge in [-0.2, -0.15) is 0 Å². The van der Waals surface area contributed by atoms with Gasteiger partial charge in [0, 0.05) is 19.7 Å². The van der Waals surface area contributed by atoms with Gasteiger partial charge in [0.15, 0.2) is 5.82 Å². The van der Waals surface area contributed by atoms with Crippen LogP contribution in [0, 0.1) is 0 Å². The van der Waals surface area contributed by atoms with Crippen LogP contribution in [0.15, 0.2) is 6.07 Å². The highest BCUT2D eigenvalue weighted by Crippen LogP contribution is 2.13. The predicted molar refractivity (Wildman–Crippen MR) is 76.6 cm³/mol. The summed E-state index contributed by atoms with van der Waals surface area (Å²) < 4.78 is 10.2. The summed E-state index contributed by atoms with van der Waals surface area (Å²) in [5.41, 5.74) is 0. The molecule has 2 N–H and O–H groups in total. The lowest BCUT2D eigenvalue weighted by atomic mass is 10.3. The number of hydrogen-bond acceptors (Lipinski definition) is 7. The summed E-state index contributed by atoms with van der Waals surface area (Å²) >= 11 is 0. The number of nitrogens with zero attached hydrogens (tertiary/aromatic N) is 2. The molecule has 112 valence electrons. The third-order valence-corrected chi connectivity index (χ3v) is 2.47. The van der Waals surface area contributed by atoms with Crippen molar-refractivity contribution < 1.29 is 14.3 Å². The zero-order chi connectivity index (χ0) is 15.0. The Morgan fingerprint density at radius 2 is 2.00 bits per heavy atom. The van der Waals surface area contributed by atoms with Crippen molar-refractivity contribution in [2.24, 2.45) is 0 Å². The van der Waals surface area contributed by atoms with E-state index < -0.39 is 6.04 Å². The molecule has 0 fully saturated rings. The van der Waals surface area contributed by atoms with E-state index in [4.69, 9.17) is 9.47 Å². The molecule has 0 saturated heterocycles. The Morgan fingerprint density at radius 3 is 2.60 bits per heavy atom. The van der Waals surface area contributed by atoms with Crippen LogP contribution in [0.3, 0.4) is 0 Å². The Labute approximate surface area is 119 Å². The van der Waals surface area contributed by atoms with Gasteiger partial charge >= 0.3 is 5.97 Å². The van der Waals surface area contributed by atoms with Gasteiger partial charge in [0.1, 0.15) is 24.3 Å². The summed E-state index contributed by atoms with van der Waals surface area (Å²) in [4.78, 5) is 20.2. The van der Waals surface area contributed by atoms with Crippen LogP contribution < -0.4 is 10.6 Å². The summed E-state index contributed by atoms with van der Waals surface area (Å²) in [6.07, 6.45) is 0. The maximum atomic E-state index is 11.6. The molecule has 0 bridgehead atoms. The molecule has 7 nitrogen and oxygen atoms in total. The Balaban J connectivity index is 2.79. The number of carbonyl (C=O) groups is 1. The molecular weight excluding hydrogens is 260 g/mol. The molecular formula is C13H22N4O3. The number of hydrogen-bond donors (Lipinski definition) is 2. The smallest absolute Gasteiger partial charge is 0.328 e. The first kappa shape index (κ1) is 16.2. The molecule has 0 radical (unpaired) electrons. The van der Waals surface area contributed by atoms with E-state index in [0.29, 0.717) is 37.3 Å². The van der Waals surface area contributed by atoms with Crippen LogP contribution in [-0.2, 0) is 20.9 Å². The topological polar surface area (TPSA) is 85.4 Å². The fraction of sp³-hybridized carbons (Fsp3) is 0.615. The van der Waals surface area contributed by atoms with Gasteiger partial charge < -0.3 is 20.1 Å². The standard InChI is InChI=1S/C13H22N4O3/c1-5-19-8-12-16-10(14-4)7-11(17-12)15-9(3)13(18)20-6-2/h7,9H,5-6,8H2,1-4H3,(H2,14,15,16,17). The molecule has 0 aliphatic rings. The minimum Gasteiger partial charge on any atom is -0.464 e. The largest absolute Gasteiger partial charge is 0.464 e. The summed E-state index contributed by atoms with van der Waals surface area (Å²) in [6, 6.07) is 1.25. The second-order valence-corrected chi connectivity index (χ2v) is 4.06. The summed E-state index contributed by atoms with van der Waals surface area (Å²) in [6.45, 7) is 6.68. The van der Waals surface area contributed by atoms with Crippen LogP contribution in [0.5, 0.6) is 0 Å². The Kier molecular flexibility index (Phi) is 6.72. The van der Waals surface area contributed by atoms with Crippen molar-refractivity contribution in [2.45, 2.75) is 33.4 Å². The number of ether oxygens (including phenoxy) is 2. The zero-order valence-electron chi connectivity index (χ0n) is 12.4. The van der Waals surface area contributed by atoms with E-state index in [0.717, 1.165) is 0 Å². The van der Waals surface area contributed by atoms with Gasteiger partial charge in [0.25, 0.3) is 0 Å². The number of nitrogens with one attached hydrogen (secondary N) is 2. The van der Waals surface area contributed by atoms with E-state index in [1.165, 1.54) is 0 Å². The summed E-state index contributed by atoms with van der Waals surface area (Å²) in [5, 5.41) is 5.95. The van der Waals surface area contributed by atoms with Gasteiger partial charge in [-0.05, 0) is 20.8 Å². The van der Waals surface area contributed by atoms with Gasteiger partial charge in [0.05, 0.1) is 6.61 Å². The van der Waals surface area contributed by atoms with Crippen molar-refractivity contribution in [1.82, 2.24) is 9.97 Å². The first-order valence-corrected chi connectivity index (χ1v) is 6.67. The maximum Gasteiger partial charge on any atom is 0.328 e. The van der Waals surface area contributed by atoms with Crippen LogP contribution in [0.2, 0.25) is 0 Å². The van der Waals surface area contributed by atoms with Gasteiger partial charge in [-0.25, -0.2) is 14.8 Å². The minimum atomic E-state index is -0.477. The van der Waals surface area contributed by atoms with Crippen LogP contribution in [0.25, 0.3) is 0 Å². The fourth-order valence-electron chi connectivity index (χ4n) is 1.51. The molecule has 1 atom stereocenters. The molecule has 0 aliphatic heterocycles. The van der Waals surface area contributed by atoms with E-state index in [1.54, 1.807) is 27.0 Å². The highest BCUT2D eigenvalue weighted by Gasteiger charge is 2.15. The van der Waals surface area contributed by atoms with Crippen LogP contribution in [0.4, 0.5) is 11.6 Å². The van der Waals surface area contributed by atoms with Gasteiger partial charge in [-0.3, -0.25) is 0 Å². The SMILES string of the molecule is CCOCc1nc(NC)cc(NC(C)C(=O)OCC)n1. The monoisotopic (exact) mass is 282 g/mol. The van der Waals surface area contributed by atoms with E-state index in [1.807, 2.05) is 6.92 Å². The second-order valence-electron chi connectivity index (χ2n) is 4.06. The second kappa shape index (κ2) is 8.31. The molecule has 0 spiro atoms. The molecule has 0 saturated carbocycles. The maximum absolute atomic E-state index is 11.6. The van der Waals surface area contributed by atoms with Crippen molar-refractivity contribution in [3.8, 4) is 0 Å². The first-order valence-electron chi connectivity index (χ1n) is 6.67. The number of anilines is 2. The van der Waals surface area contributed by atoms with Gasteiger partial charge in [-0.15, -0.1) is 0 Å². The number of carbonyl (C=O) groups excluding carboxylic acids is 1. The lowest BCUT2D eigenvalue weighted by molar-refractivity contribution is -0.143. The lowest BCUT2D eigenvalue weighted by Crippen LogP contribution is -2.28. The molecule has 0 aromatic carbocycles. The van der Waals surface area contributed by atoms with Crippen molar-refractivity contribution in [3.05, 3.63) is 11.9 Å². The van der Waals surface area contributed by atoms with Crippen molar-refractivity contribution in [1.29, 1.82) is 0 Å². The van der Waals surface area contributed by atoms with Gasteiger partial charge in [0.2, 0.25) is 0 Å². The highest BCUT2D eigenvalue weighted by atomic mass is 16.5. The third-order valence-electron chi connectivity index (χ3n) is 2.47. The van der Waals surface area contributed by atoms with Crippen molar-refractivity contribution in [2.75, 3.05) is 30.9 Å². The molecule has 1 aromatic rings. The van der Waals surface area contributed by atoms with E-state index in [9.17, 15) is 4.79 Å². The molecule has 1 rings (SSSR count). The third kappa shape index (κ3) is 5.00. The quantitative estimate of drug-likeness (QED) is 0.697. The van der Waals surface area contributed by atoms with Crippen LogP contribution in [0.1, 0.15) is 26.6 Å². The molecule has 1 aromatic heterocycles. The number of esters is 1. The minimum absolute atomic E-state index is 0.316. The molecule has 7 heteroatoms. The molecule has 0 amide bonds. The van der Waals surface area contributed by atoms with E-state index in [2.05, 4.69) is 20.6 Å². The fourth-order valence-corrected chi connectivity index (χ4v) is 1.51. The van der Waals surface area contributed by atoms with E-state index in [-0.39, 0.29) is 5.97 Å². The van der Waals surface area contributed by atoms with Crippen molar-refractivity contribution in [3.63, 3.8) is 0 Å². The normalized spacial score (nSPS) is 11.8. The van der Waals surface area contributed by atoms with Crippen LogP contribution >= 0.6 is 0 Å². The Morgan fingerprint density at radius 1 is 1.30 bits per heavy atom. The molecule has 0 aliphatic carbocycles. The molecule has 20 heavy (non-hydrogen) atoms. The molecule has 1 unspecified atom stereocenters. The highest BCUT2D eigenvalue weighted by molar-refractivity contribution is 5.78. The summed E-state index contributed by atoms with van der Waals surface area (Å²) in [7, 11) is 1.77. The molecule has 1 heterocycles. The average molecular weight is 282 g/mol. The number of aromatic nitrogens is 2. The van der Waals surface area contributed by atoms with Crippen molar-refractivity contribution >= 4 is 17.6 Å². The first-order chi connectivity index (χ1) is 9.60. The number of rotatable bonds is 8. The van der Waals surface area contributed by atoms with E-state index >= 15 is 0 Å². The average Bonchev–Trinajstić information content (AvgIpc) is 2.45.